The van der Waals surface area contributed by atoms with Crippen LogP contribution in [0.25, 0.3) is 0 Å². The van der Waals surface area contributed by atoms with E-state index in [1.807, 2.05) is 25.1 Å². The first-order chi connectivity index (χ1) is 7.65. The van der Waals surface area contributed by atoms with Gasteiger partial charge in [-0.25, -0.2) is 0 Å². The monoisotopic (exact) mass is 298 g/mol. The van der Waals surface area contributed by atoms with E-state index in [-0.39, 0.29) is 0 Å². The number of nitrogens with zero attached hydrogens (tertiary/aromatic N) is 2. The summed E-state index contributed by atoms with van der Waals surface area (Å²) in [6.07, 6.45) is 2.97. The van der Waals surface area contributed by atoms with Gasteiger partial charge in [-0.05, 0) is 40.5 Å². The zero-order valence-corrected chi connectivity index (χ0v) is 10.8. The van der Waals surface area contributed by atoms with Crippen LogP contribution in [0.1, 0.15) is 5.56 Å². The third kappa shape index (κ3) is 2.71. The molecular weight excluding hydrogens is 291 g/mol. The first kappa shape index (κ1) is 11.4. The lowest BCUT2D eigenvalue weighted by Crippen LogP contribution is -1.90. The van der Waals surface area contributed by atoms with Crippen LogP contribution in [0.5, 0.6) is 11.6 Å². The highest BCUT2D eigenvalue weighted by molar-refractivity contribution is 9.10. The molecule has 0 saturated heterocycles. The molecule has 1 heterocycles. The Kier molecular flexibility index (Phi) is 3.41. The van der Waals surface area contributed by atoms with Gasteiger partial charge in [-0.1, -0.05) is 17.7 Å². The molecule has 0 amide bonds. The fraction of sp³-hybridized carbons (Fsp3) is 0.0909. The van der Waals surface area contributed by atoms with Crippen molar-refractivity contribution < 1.29 is 4.74 Å². The first-order valence-corrected chi connectivity index (χ1v) is 5.74. The van der Waals surface area contributed by atoms with Crippen molar-refractivity contribution in [3.8, 4) is 11.6 Å². The standard InChI is InChI=1S/C11H8BrClN2O/c1-7-2-3-9(8(12)4-7)16-11-6-14-5-10(13)15-11/h2-6H,1H3. The molecule has 0 N–H and O–H groups in total. The van der Waals surface area contributed by atoms with Crippen molar-refractivity contribution in [1.29, 1.82) is 0 Å². The molecule has 0 radical (unpaired) electrons. The molecule has 0 saturated carbocycles. The van der Waals surface area contributed by atoms with Crippen LogP contribution in [0.4, 0.5) is 0 Å². The summed E-state index contributed by atoms with van der Waals surface area (Å²) in [4.78, 5) is 7.88. The normalized spacial score (nSPS) is 10.2. The summed E-state index contributed by atoms with van der Waals surface area (Å²) in [5, 5.41) is 0.306. The van der Waals surface area contributed by atoms with Crippen molar-refractivity contribution in [2.45, 2.75) is 6.92 Å². The Morgan fingerprint density at radius 1 is 1.31 bits per heavy atom. The zero-order valence-electron chi connectivity index (χ0n) is 8.45. The van der Waals surface area contributed by atoms with Crippen LogP contribution in [0, 0.1) is 6.92 Å². The van der Waals surface area contributed by atoms with Gasteiger partial charge in [0, 0.05) is 0 Å². The average Bonchev–Trinajstić information content (AvgIpc) is 2.22. The Labute approximate surface area is 107 Å². The lowest BCUT2D eigenvalue weighted by Gasteiger charge is -2.06. The van der Waals surface area contributed by atoms with E-state index < -0.39 is 0 Å². The van der Waals surface area contributed by atoms with Gasteiger partial charge in [0.05, 0.1) is 16.9 Å². The highest BCUT2D eigenvalue weighted by Crippen LogP contribution is 2.29. The predicted octanol–water partition coefficient (Wildman–Crippen LogP) is 3.99. The summed E-state index contributed by atoms with van der Waals surface area (Å²) < 4.78 is 6.41. The van der Waals surface area contributed by atoms with Crippen LogP contribution in [-0.4, -0.2) is 9.97 Å². The van der Waals surface area contributed by atoms with Gasteiger partial charge in [-0.2, -0.15) is 4.98 Å². The van der Waals surface area contributed by atoms with Crippen LogP contribution in [0.2, 0.25) is 5.15 Å². The van der Waals surface area contributed by atoms with E-state index in [0.717, 1.165) is 10.0 Å². The van der Waals surface area contributed by atoms with Crippen LogP contribution >= 0.6 is 27.5 Å². The molecule has 0 aliphatic heterocycles. The lowest BCUT2D eigenvalue weighted by atomic mass is 10.2. The number of benzene rings is 1. The first-order valence-electron chi connectivity index (χ1n) is 4.57. The van der Waals surface area contributed by atoms with Crippen molar-refractivity contribution in [2.24, 2.45) is 0 Å². The number of aryl methyl sites for hydroxylation is 1. The van der Waals surface area contributed by atoms with Crippen molar-refractivity contribution in [1.82, 2.24) is 9.97 Å². The van der Waals surface area contributed by atoms with E-state index in [9.17, 15) is 0 Å². The third-order valence-corrected chi connectivity index (χ3v) is 2.69. The summed E-state index contributed by atoms with van der Waals surface area (Å²) >= 11 is 9.13. The van der Waals surface area contributed by atoms with Crippen molar-refractivity contribution in [3.63, 3.8) is 0 Å². The van der Waals surface area contributed by atoms with Gasteiger partial charge in [-0.3, -0.25) is 4.98 Å². The largest absolute Gasteiger partial charge is 0.436 e. The number of ether oxygens (including phenoxy) is 1. The summed E-state index contributed by atoms with van der Waals surface area (Å²) in [6, 6.07) is 5.79. The Hall–Kier alpha value is -1.13. The SMILES string of the molecule is Cc1ccc(Oc2cncc(Cl)n2)c(Br)c1. The maximum Gasteiger partial charge on any atom is 0.239 e. The van der Waals surface area contributed by atoms with Gasteiger partial charge in [0.1, 0.15) is 5.75 Å². The summed E-state index contributed by atoms with van der Waals surface area (Å²) in [5.74, 6) is 1.05. The molecule has 2 aromatic rings. The van der Waals surface area contributed by atoms with Crippen LogP contribution in [0.3, 0.4) is 0 Å². The minimum atomic E-state index is 0.306. The molecule has 1 aromatic carbocycles. The van der Waals surface area contributed by atoms with E-state index in [4.69, 9.17) is 16.3 Å². The van der Waals surface area contributed by atoms with Gasteiger partial charge in [0.2, 0.25) is 5.88 Å². The Balaban J connectivity index is 2.27. The van der Waals surface area contributed by atoms with E-state index in [1.165, 1.54) is 12.4 Å². The van der Waals surface area contributed by atoms with Gasteiger partial charge >= 0.3 is 0 Å². The number of hydrogen-bond acceptors (Lipinski definition) is 3. The quantitative estimate of drug-likeness (QED) is 0.841. The van der Waals surface area contributed by atoms with E-state index >= 15 is 0 Å². The van der Waals surface area contributed by atoms with Gasteiger partial charge in [0.15, 0.2) is 5.15 Å². The topological polar surface area (TPSA) is 35.0 Å². The fourth-order valence-corrected chi connectivity index (χ4v) is 1.89. The maximum atomic E-state index is 5.71. The second-order valence-corrected chi connectivity index (χ2v) is 4.46. The summed E-state index contributed by atoms with van der Waals surface area (Å²) in [6.45, 7) is 2.01. The van der Waals surface area contributed by atoms with Crippen molar-refractivity contribution in [2.75, 3.05) is 0 Å². The van der Waals surface area contributed by atoms with E-state index in [0.29, 0.717) is 16.8 Å². The second-order valence-electron chi connectivity index (χ2n) is 3.22. The predicted molar refractivity (Wildman–Crippen MR) is 66.0 cm³/mol. The van der Waals surface area contributed by atoms with Crippen molar-refractivity contribution in [3.05, 3.63) is 45.8 Å². The van der Waals surface area contributed by atoms with Crippen LogP contribution in [0.15, 0.2) is 35.1 Å². The van der Waals surface area contributed by atoms with Gasteiger partial charge in [-0.15, -0.1) is 0 Å². The Bertz CT molecular complexity index is 519. The molecule has 0 aliphatic carbocycles. The molecule has 0 fully saturated rings. The molecule has 82 valence electrons. The number of halogens is 2. The zero-order chi connectivity index (χ0) is 11.5. The van der Waals surface area contributed by atoms with Gasteiger partial charge < -0.3 is 4.74 Å². The molecule has 1 aromatic heterocycles. The van der Waals surface area contributed by atoms with E-state index in [1.54, 1.807) is 0 Å². The van der Waals surface area contributed by atoms with Gasteiger partial charge in [0.25, 0.3) is 0 Å². The number of rotatable bonds is 2. The molecular formula is C11H8BrClN2O. The molecule has 2 rings (SSSR count). The molecule has 0 spiro atoms. The fourth-order valence-electron chi connectivity index (χ4n) is 1.18. The lowest BCUT2D eigenvalue weighted by molar-refractivity contribution is 0.457. The molecule has 0 bridgehead atoms. The summed E-state index contributed by atoms with van der Waals surface area (Å²) in [5.41, 5.74) is 1.15. The summed E-state index contributed by atoms with van der Waals surface area (Å²) in [7, 11) is 0. The minimum Gasteiger partial charge on any atom is -0.436 e. The average molecular weight is 300 g/mol. The third-order valence-electron chi connectivity index (χ3n) is 1.88. The number of aromatic nitrogens is 2. The second kappa shape index (κ2) is 4.80. The highest BCUT2D eigenvalue weighted by atomic mass is 79.9. The molecule has 0 atom stereocenters. The van der Waals surface area contributed by atoms with Crippen LogP contribution in [-0.2, 0) is 0 Å². The molecule has 0 aliphatic rings. The maximum absolute atomic E-state index is 5.71. The molecule has 16 heavy (non-hydrogen) atoms. The molecule has 3 nitrogen and oxygen atoms in total. The Morgan fingerprint density at radius 3 is 2.81 bits per heavy atom. The molecule has 0 unspecified atom stereocenters. The van der Waals surface area contributed by atoms with E-state index in [2.05, 4.69) is 25.9 Å². The molecule has 5 heteroatoms. The van der Waals surface area contributed by atoms with Crippen LogP contribution < -0.4 is 4.74 Å². The number of hydrogen-bond donors (Lipinski definition) is 0. The smallest absolute Gasteiger partial charge is 0.239 e. The van der Waals surface area contributed by atoms with Crippen molar-refractivity contribution >= 4 is 27.5 Å². The highest BCUT2D eigenvalue weighted by Gasteiger charge is 2.04. The minimum absolute atomic E-state index is 0.306. The Morgan fingerprint density at radius 2 is 2.12 bits per heavy atom.